The molecule has 108 valence electrons. The van der Waals surface area contributed by atoms with E-state index in [1.54, 1.807) is 0 Å². The Kier molecular flexibility index (Phi) is 4.74. The molecule has 1 heterocycles. The van der Waals surface area contributed by atoms with Gasteiger partial charge in [-0.05, 0) is 32.0 Å². The molecule has 0 amide bonds. The van der Waals surface area contributed by atoms with Gasteiger partial charge in [0.1, 0.15) is 11.9 Å². The molecular formula is C15H21N3O2. The van der Waals surface area contributed by atoms with E-state index in [-0.39, 0.29) is 12.0 Å². The van der Waals surface area contributed by atoms with Crippen molar-refractivity contribution in [1.29, 1.82) is 0 Å². The molecule has 0 fully saturated rings. The monoisotopic (exact) mass is 275 g/mol. The number of ether oxygens (including phenoxy) is 1. The van der Waals surface area contributed by atoms with Crippen LogP contribution in [0.5, 0.6) is 0 Å². The maximum Gasteiger partial charge on any atom is 0.329 e. The molecule has 0 saturated heterocycles. The van der Waals surface area contributed by atoms with E-state index in [4.69, 9.17) is 10.5 Å². The van der Waals surface area contributed by atoms with Gasteiger partial charge in [-0.3, -0.25) is 0 Å². The summed E-state index contributed by atoms with van der Waals surface area (Å²) in [5.41, 5.74) is 7.50. The number of benzene rings is 1. The minimum Gasteiger partial charge on any atom is -0.464 e. The third kappa shape index (κ3) is 2.67. The summed E-state index contributed by atoms with van der Waals surface area (Å²) in [4.78, 5) is 16.8. The van der Waals surface area contributed by atoms with Crippen LogP contribution in [0.25, 0.3) is 11.0 Å². The first-order valence-corrected chi connectivity index (χ1v) is 7.05. The van der Waals surface area contributed by atoms with Crippen LogP contribution in [0.1, 0.15) is 32.1 Å². The van der Waals surface area contributed by atoms with Gasteiger partial charge < -0.3 is 15.0 Å². The number of hydrogen-bond acceptors (Lipinski definition) is 4. The molecule has 2 rings (SSSR count). The van der Waals surface area contributed by atoms with Crippen LogP contribution in [0.3, 0.4) is 0 Å². The van der Waals surface area contributed by atoms with E-state index in [1.165, 1.54) is 0 Å². The molecule has 1 aromatic heterocycles. The number of fused-ring (bicyclic) bond motifs is 1. The predicted octanol–water partition coefficient (Wildman–Crippen LogP) is 2.05. The van der Waals surface area contributed by atoms with Crippen molar-refractivity contribution >= 4 is 17.0 Å². The first-order valence-electron chi connectivity index (χ1n) is 7.05. The lowest BCUT2D eigenvalue weighted by molar-refractivity contribution is -0.147. The number of aromatic nitrogens is 2. The molecule has 2 N–H and O–H groups in total. The third-order valence-electron chi connectivity index (χ3n) is 3.29. The van der Waals surface area contributed by atoms with Gasteiger partial charge in [0.25, 0.3) is 0 Å². The van der Waals surface area contributed by atoms with Crippen molar-refractivity contribution in [3.8, 4) is 0 Å². The van der Waals surface area contributed by atoms with E-state index in [0.717, 1.165) is 16.9 Å². The van der Waals surface area contributed by atoms with Gasteiger partial charge in [-0.2, -0.15) is 0 Å². The minimum atomic E-state index is -0.344. The van der Waals surface area contributed by atoms with Crippen molar-refractivity contribution in [3.63, 3.8) is 0 Å². The maximum absolute atomic E-state index is 12.2. The summed E-state index contributed by atoms with van der Waals surface area (Å²) in [5.74, 6) is 0.630. The summed E-state index contributed by atoms with van der Waals surface area (Å²) in [6, 6.07) is 7.47. The highest BCUT2D eigenvalue weighted by Gasteiger charge is 2.24. The molecule has 1 aromatic carbocycles. The van der Waals surface area contributed by atoms with Crippen molar-refractivity contribution in [2.75, 3.05) is 13.2 Å². The Morgan fingerprint density at radius 1 is 1.40 bits per heavy atom. The summed E-state index contributed by atoms with van der Waals surface area (Å²) in [5, 5.41) is 0. The maximum atomic E-state index is 12.2. The van der Waals surface area contributed by atoms with Crippen LogP contribution in [-0.4, -0.2) is 28.7 Å². The third-order valence-corrected chi connectivity index (χ3v) is 3.29. The summed E-state index contributed by atoms with van der Waals surface area (Å²) >= 11 is 0. The Morgan fingerprint density at radius 3 is 2.80 bits per heavy atom. The minimum absolute atomic E-state index is 0.212. The van der Waals surface area contributed by atoms with Crippen LogP contribution in [0.15, 0.2) is 24.3 Å². The van der Waals surface area contributed by atoms with E-state index in [0.29, 0.717) is 26.0 Å². The van der Waals surface area contributed by atoms with Gasteiger partial charge >= 0.3 is 5.97 Å². The van der Waals surface area contributed by atoms with Crippen LogP contribution in [-0.2, 0) is 16.0 Å². The van der Waals surface area contributed by atoms with E-state index < -0.39 is 0 Å². The Morgan fingerprint density at radius 2 is 2.15 bits per heavy atom. The zero-order valence-electron chi connectivity index (χ0n) is 12.0. The lowest BCUT2D eigenvalue weighted by Gasteiger charge is -2.18. The summed E-state index contributed by atoms with van der Waals surface area (Å²) in [6.07, 6.45) is 1.31. The molecule has 2 aromatic rings. The lowest BCUT2D eigenvalue weighted by Crippen LogP contribution is -2.24. The summed E-state index contributed by atoms with van der Waals surface area (Å²) in [6.45, 7) is 4.68. The highest BCUT2D eigenvalue weighted by molar-refractivity contribution is 5.81. The van der Waals surface area contributed by atoms with Crippen LogP contribution < -0.4 is 5.73 Å². The number of para-hydroxylation sites is 2. The van der Waals surface area contributed by atoms with E-state index in [2.05, 4.69) is 4.98 Å². The Labute approximate surface area is 118 Å². The fourth-order valence-corrected chi connectivity index (χ4v) is 2.44. The first kappa shape index (κ1) is 14.5. The Bertz CT molecular complexity index is 592. The lowest BCUT2D eigenvalue weighted by atomic mass is 10.2. The molecule has 0 bridgehead atoms. The van der Waals surface area contributed by atoms with Crippen molar-refractivity contribution in [2.24, 2.45) is 5.73 Å². The molecule has 1 atom stereocenters. The average molecular weight is 275 g/mol. The second-order valence-corrected chi connectivity index (χ2v) is 4.60. The van der Waals surface area contributed by atoms with Gasteiger partial charge in [-0.1, -0.05) is 19.1 Å². The second kappa shape index (κ2) is 6.52. The van der Waals surface area contributed by atoms with Crippen molar-refractivity contribution in [1.82, 2.24) is 9.55 Å². The fraction of sp³-hybridized carbons (Fsp3) is 0.467. The van der Waals surface area contributed by atoms with E-state index in [9.17, 15) is 4.79 Å². The molecular weight excluding hydrogens is 254 g/mol. The van der Waals surface area contributed by atoms with Crippen LogP contribution in [0.4, 0.5) is 0 Å². The van der Waals surface area contributed by atoms with Crippen LogP contribution >= 0.6 is 0 Å². The number of carbonyl (C=O) groups excluding carboxylic acids is 1. The van der Waals surface area contributed by atoms with Gasteiger partial charge in [0.15, 0.2) is 0 Å². The molecule has 0 radical (unpaired) electrons. The summed E-state index contributed by atoms with van der Waals surface area (Å²) in [7, 11) is 0. The molecule has 5 nitrogen and oxygen atoms in total. The molecule has 0 aliphatic carbocycles. The predicted molar refractivity (Wildman–Crippen MR) is 78.5 cm³/mol. The van der Waals surface area contributed by atoms with E-state index >= 15 is 0 Å². The standard InChI is InChI=1S/C15H21N3O2/c1-3-12(15(19)20-4-2)18-13-8-6-5-7-11(13)17-14(18)9-10-16/h5-8,12H,3-4,9-10,16H2,1-2H3. The molecule has 0 aliphatic heterocycles. The average Bonchev–Trinajstić information content (AvgIpc) is 2.79. The fourth-order valence-electron chi connectivity index (χ4n) is 2.44. The van der Waals surface area contributed by atoms with E-state index in [1.807, 2.05) is 42.7 Å². The Balaban J connectivity index is 2.53. The van der Waals surface area contributed by atoms with Crippen molar-refractivity contribution < 1.29 is 9.53 Å². The number of nitrogens with zero attached hydrogens (tertiary/aromatic N) is 2. The van der Waals surface area contributed by atoms with Crippen LogP contribution in [0.2, 0.25) is 0 Å². The second-order valence-electron chi connectivity index (χ2n) is 4.60. The topological polar surface area (TPSA) is 70.1 Å². The number of nitrogens with two attached hydrogens (primary N) is 1. The van der Waals surface area contributed by atoms with Gasteiger partial charge in [-0.15, -0.1) is 0 Å². The Hall–Kier alpha value is -1.88. The van der Waals surface area contributed by atoms with Gasteiger partial charge in [-0.25, -0.2) is 9.78 Å². The number of hydrogen-bond donors (Lipinski definition) is 1. The SMILES string of the molecule is CCOC(=O)C(CC)n1c(CCN)nc2ccccc21. The molecule has 0 spiro atoms. The zero-order chi connectivity index (χ0) is 14.5. The number of carbonyl (C=O) groups is 1. The molecule has 5 heteroatoms. The molecule has 1 unspecified atom stereocenters. The van der Waals surface area contributed by atoms with Crippen molar-refractivity contribution in [3.05, 3.63) is 30.1 Å². The highest BCUT2D eigenvalue weighted by atomic mass is 16.5. The summed E-state index contributed by atoms with van der Waals surface area (Å²) < 4.78 is 7.15. The van der Waals surface area contributed by atoms with Gasteiger partial charge in [0, 0.05) is 6.42 Å². The number of imidazole rings is 1. The van der Waals surface area contributed by atoms with Crippen LogP contribution in [0, 0.1) is 0 Å². The quantitative estimate of drug-likeness (QED) is 0.819. The molecule has 20 heavy (non-hydrogen) atoms. The zero-order valence-corrected chi connectivity index (χ0v) is 12.0. The largest absolute Gasteiger partial charge is 0.464 e. The number of rotatable bonds is 6. The number of esters is 1. The smallest absolute Gasteiger partial charge is 0.329 e. The van der Waals surface area contributed by atoms with Gasteiger partial charge in [0.2, 0.25) is 0 Å². The highest BCUT2D eigenvalue weighted by Crippen LogP contribution is 2.24. The molecule has 0 aliphatic rings. The van der Waals surface area contributed by atoms with Gasteiger partial charge in [0.05, 0.1) is 17.6 Å². The normalized spacial score (nSPS) is 12.6. The molecule has 0 saturated carbocycles. The van der Waals surface area contributed by atoms with Crippen molar-refractivity contribution in [2.45, 2.75) is 32.7 Å². The first-order chi connectivity index (χ1) is 9.72.